The largest absolute Gasteiger partial charge is 0.497 e. The first-order valence-corrected chi connectivity index (χ1v) is 10.4. The molecular weight excluding hydrogens is 402 g/mol. The molecule has 2 aromatic rings. The molecule has 0 bridgehead atoms. The predicted octanol–water partition coefficient (Wildman–Crippen LogP) is 2.12. The van der Waals surface area contributed by atoms with Crippen molar-refractivity contribution in [3.8, 4) is 17.1 Å². The Morgan fingerprint density at radius 1 is 1.23 bits per heavy atom. The molecule has 2 amide bonds. The molecule has 0 radical (unpaired) electrons. The third-order valence-electron chi connectivity index (χ3n) is 5.12. The zero-order valence-electron chi connectivity index (χ0n) is 18.0. The van der Waals surface area contributed by atoms with E-state index in [2.05, 4.69) is 10.5 Å². The molecular formula is C22H29N3O6. The van der Waals surface area contributed by atoms with Crippen molar-refractivity contribution < 1.29 is 28.3 Å². The van der Waals surface area contributed by atoms with Crippen LogP contribution in [0.25, 0.3) is 11.3 Å². The number of benzene rings is 1. The number of rotatable bonds is 11. The molecule has 2 heterocycles. The number of hydrogen-bond acceptors (Lipinski definition) is 7. The van der Waals surface area contributed by atoms with Crippen LogP contribution in [-0.4, -0.2) is 75.0 Å². The van der Waals surface area contributed by atoms with Crippen molar-refractivity contribution >= 4 is 11.8 Å². The molecule has 1 atom stereocenters. The van der Waals surface area contributed by atoms with Crippen molar-refractivity contribution in [2.75, 3.05) is 47.1 Å². The highest BCUT2D eigenvalue weighted by molar-refractivity contribution is 5.93. The SMILES string of the molecule is COCCN(CCC(=O)NC[C@H]1CCCO1)C(=O)c1cc(-c2ccc(OC)cc2)on1. The Labute approximate surface area is 181 Å². The monoisotopic (exact) mass is 431 g/mol. The van der Waals surface area contributed by atoms with Crippen molar-refractivity contribution in [2.24, 2.45) is 0 Å². The first-order chi connectivity index (χ1) is 15.1. The summed E-state index contributed by atoms with van der Waals surface area (Å²) < 4.78 is 21.1. The summed E-state index contributed by atoms with van der Waals surface area (Å²) >= 11 is 0. The Hall–Kier alpha value is -2.91. The smallest absolute Gasteiger partial charge is 0.276 e. The number of nitrogens with zero attached hydrogens (tertiary/aromatic N) is 2. The van der Waals surface area contributed by atoms with Crippen molar-refractivity contribution in [3.63, 3.8) is 0 Å². The van der Waals surface area contributed by atoms with Crippen LogP contribution in [-0.2, 0) is 14.3 Å². The Balaban J connectivity index is 1.58. The summed E-state index contributed by atoms with van der Waals surface area (Å²) in [4.78, 5) is 26.7. The molecule has 1 N–H and O–H groups in total. The van der Waals surface area contributed by atoms with Crippen LogP contribution in [0.2, 0.25) is 0 Å². The van der Waals surface area contributed by atoms with E-state index in [1.807, 2.05) is 12.1 Å². The molecule has 168 valence electrons. The lowest BCUT2D eigenvalue weighted by Crippen LogP contribution is -2.38. The normalized spacial score (nSPS) is 15.6. The molecule has 9 heteroatoms. The number of aromatic nitrogens is 1. The maximum atomic E-state index is 13.0. The summed E-state index contributed by atoms with van der Waals surface area (Å²) in [7, 11) is 3.16. The van der Waals surface area contributed by atoms with E-state index in [1.165, 1.54) is 0 Å². The molecule has 1 saturated heterocycles. The second kappa shape index (κ2) is 11.5. The van der Waals surface area contributed by atoms with Crippen LogP contribution in [0, 0.1) is 0 Å². The minimum atomic E-state index is -0.313. The maximum Gasteiger partial charge on any atom is 0.276 e. The third kappa shape index (κ3) is 6.53. The van der Waals surface area contributed by atoms with Gasteiger partial charge in [-0.2, -0.15) is 0 Å². The lowest BCUT2D eigenvalue weighted by atomic mass is 10.1. The van der Waals surface area contributed by atoms with E-state index in [0.29, 0.717) is 25.5 Å². The van der Waals surface area contributed by atoms with Gasteiger partial charge in [-0.1, -0.05) is 5.16 Å². The molecule has 0 saturated carbocycles. The molecule has 31 heavy (non-hydrogen) atoms. The van der Waals surface area contributed by atoms with Crippen LogP contribution < -0.4 is 10.1 Å². The number of carbonyl (C=O) groups is 2. The maximum absolute atomic E-state index is 13.0. The number of hydrogen-bond donors (Lipinski definition) is 1. The summed E-state index contributed by atoms with van der Waals surface area (Å²) in [5.41, 5.74) is 0.964. The minimum Gasteiger partial charge on any atom is -0.497 e. The van der Waals surface area contributed by atoms with E-state index in [9.17, 15) is 9.59 Å². The zero-order chi connectivity index (χ0) is 22.1. The molecule has 9 nitrogen and oxygen atoms in total. The molecule has 1 aromatic carbocycles. The first-order valence-electron chi connectivity index (χ1n) is 10.4. The Bertz CT molecular complexity index is 845. The minimum absolute atomic E-state index is 0.0849. The molecule has 0 spiro atoms. The van der Waals surface area contributed by atoms with Crippen LogP contribution in [0.1, 0.15) is 29.8 Å². The fraction of sp³-hybridized carbons (Fsp3) is 0.500. The van der Waals surface area contributed by atoms with E-state index in [-0.39, 0.29) is 36.6 Å². The lowest BCUT2D eigenvalue weighted by molar-refractivity contribution is -0.121. The second-order valence-electron chi connectivity index (χ2n) is 7.28. The number of nitrogens with one attached hydrogen (secondary N) is 1. The Kier molecular flexibility index (Phi) is 8.43. The van der Waals surface area contributed by atoms with Crippen LogP contribution in [0.4, 0.5) is 0 Å². The predicted molar refractivity (Wildman–Crippen MR) is 113 cm³/mol. The van der Waals surface area contributed by atoms with Crippen LogP contribution in [0.15, 0.2) is 34.9 Å². The molecule has 1 fully saturated rings. The van der Waals surface area contributed by atoms with E-state index >= 15 is 0 Å². The quantitative estimate of drug-likeness (QED) is 0.581. The van der Waals surface area contributed by atoms with Gasteiger partial charge in [-0.25, -0.2) is 0 Å². The van der Waals surface area contributed by atoms with E-state index in [0.717, 1.165) is 30.8 Å². The average Bonchev–Trinajstić information content (AvgIpc) is 3.50. The zero-order valence-corrected chi connectivity index (χ0v) is 18.0. The summed E-state index contributed by atoms with van der Waals surface area (Å²) in [6, 6.07) is 8.86. The average molecular weight is 431 g/mol. The van der Waals surface area contributed by atoms with E-state index in [1.54, 1.807) is 37.3 Å². The first kappa shape index (κ1) is 22.8. The van der Waals surface area contributed by atoms with Crippen LogP contribution >= 0.6 is 0 Å². The second-order valence-corrected chi connectivity index (χ2v) is 7.28. The number of ether oxygens (including phenoxy) is 3. The third-order valence-corrected chi connectivity index (χ3v) is 5.12. The molecule has 1 aliphatic heterocycles. The fourth-order valence-electron chi connectivity index (χ4n) is 3.30. The van der Waals surface area contributed by atoms with Gasteiger partial charge in [0.05, 0.1) is 19.8 Å². The standard InChI is InChI=1S/C22H29N3O6/c1-28-13-11-25(10-9-21(26)23-15-18-4-3-12-30-18)22(27)19-14-20(31-24-19)16-5-7-17(29-2)8-6-16/h5-8,14,18H,3-4,9-13,15H2,1-2H3,(H,23,26)/t18-/m1/s1. The van der Waals surface area contributed by atoms with Crippen molar-refractivity contribution in [3.05, 3.63) is 36.0 Å². The van der Waals surface area contributed by atoms with Gasteiger partial charge in [0.15, 0.2) is 11.5 Å². The summed E-state index contributed by atoms with van der Waals surface area (Å²) in [5.74, 6) is 0.771. The van der Waals surface area contributed by atoms with Gasteiger partial charge in [0.25, 0.3) is 5.91 Å². The van der Waals surface area contributed by atoms with Crippen LogP contribution in [0.3, 0.4) is 0 Å². The topological polar surface area (TPSA) is 103 Å². The van der Waals surface area contributed by atoms with Gasteiger partial charge in [-0.15, -0.1) is 0 Å². The number of methoxy groups -OCH3 is 2. The van der Waals surface area contributed by atoms with Gasteiger partial charge in [0.2, 0.25) is 5.91 Å². The highest BCUT2D eigenvalue weighted by Crippen LogP contribution is 2.23. The summed E-state index contributed by atoms with van der Waals surface area (Å²) in [5, 5.41) is 6.80. The van der Waals surface area contributed by atoms with Crippen molar-refractivity contribution in [1.82, 2.24) is 15.4 Å². The van der Waals surface area contributed by atoms with Crippen LogP contribution in [0.5, 0.6) is 5.75 Å². The summed E-state index contributed by atoms with van der Waals surface area (Å²) in [6.07, 6.45) is 2.25. The van der Waals surface area contributed by atoms with Gasteiger partial charge in [-0.3, -0.25) is 9.59 Å². The Morgan fingerprint density at radius 2 is 2.03 bits per heavy atom. The molecule has 0 unspecified atom stereocenters. The summed E-state index contributed by atoms with van der Waals surface area (Å²) in [6.45, 7) is 2.20. The van der Waals surface area contributed by atoms with Crippen molar-refractivity contribution in [1.29, 1.82) is 0 Å². The van der Waals surface area contributed by atoms with E-state index in [4.69, 9.17) is 18.7 Å². The lowest BCUT2D eigenvalue weighted by Gasteiger charge is -2.21. The van der Waals surface area contributed by atoms with Gasteiger partial charge < -0.3 is 29.0 Å². The van der Waals surface area contributed by atoms with Gasteiger partial charge in [-0.05, 0) is 37.1 Å². The Morgan fingerprint density at radius 3 is 2.71 bits per heavy atom. The van der Waals surface area contributed by atoms with Gasteiger partial charge >= 0.3 is 0 Å². The highest BCUT2D eigenvalue weighted by Gasteiger charge is 2.22. The van der Waals surface area contributed by atoms with Crippen molar-refractivity contribution in [2.45, 2.75) is 25.4 Å². The fourth-order valence-corrected chi connectivity index (χ4v) is 3.30. The highest BCUT2D eigenvalue weighted by atomic mass is 16.5. The van der Waals surface area contributed by atoms with Gasteiger partial charge in [0, 0.05) is 51.4 Å². The molecule has 1 aliphatic rings. The van der Waals surface area contributed by atoms with Gasteiger partial charge in [0.1, 0.15) is 5.75 Å². The number of carbonyl (C=O) groups excluding carboxylic acids is 2. The van der Waals surface area contributed by atoms with E-state index < -0.39 is 0 Å². The number of amides is 2. The molecule has 0 aliphatic carbocycles. The molecule has 3 rings (SSSR count). The molecule has 1 aromatic heterocycles.